The first-order chi connectivity index (χ1) is 20.3. The third-order valence-electron chi connectivity index (χ3n) is 7.39. The van der Waals surface area contributed by atoms with Gasteiger partial charge in [0.1, 0.15) is 16.7 Å². The standard InChI is InChI=1S/C31H31NO10/c1-38-21-10-9-18(29(39-2)30(21)40-3)19(15-23(34)32-11-13-41-14-12-32)24-26(35)28(37)27(36)25-20(33)16-22(42-31(24)25)17-7-5-4-6-8-17/h4-10,16,19,35-37H,11-15H2,1-3H3/t19-/m0/s1. The molecule has 1 aromatic heterocycles. The summed E-state index contributed by atoms with van der Waals surface area (Å²) < 4.78 is 28.3. The van der Waals surface area contributed by atoms with Gasteiger partial charge >= 0.3 is 0 Å². The maximum Gasteiger partial charge on any atom is 0.223 e. The van der Waals surface area contributed by atoms with E-state index in [9.17, 15) is 24.9 Å². The number of amides is 1. The van der Waals surface area contributed by atoms with Crippen LogP contribution < -0.4 is 19.6 Å². The predicted molar refractivity (Wildman–Crippen MR) is 153 cm³/mol. The zero-order valence-electron chi connectivity index (χ0n) is 23.4. The van der Waals surface area contributed by atoms with Crippen molar-refractivity contribution in [3.8, 4) is 45.8 Å². The van der Waals surface area contributed by atoms with Gasteiger partial charge in [0.2, 0.25) is 17.4 Å². The number of carbonyl (C=O) groups excluding carboxylic acids is 1. The average Bonchev–Trinajstić information content (AvgIpc) is 3.02. The maximum atomic E-state index is 13.7. The van der Waals surface area contributed by atoms with E-state index in [0.717, 1.165) is 0 Å². The van der Waals surface area contributed by atoms with Gasteiger partial charge in [-0.3, -0.25) is 9.59 Å². The van der Waals surface area contributed by atoms with Crippen LogP contribution in [0, 0.1) is 0 Å². The highest BCUT2D eigenvalue weighted by atomic mass is 16.5. The molecule has 0 aliphatic carbocycles. The number of hydrogen-bond donors (Lipinski definition) is 3. The van der Waals surface area contributed by atoms with Crippen LogP contribution in [-0.2, 0) is 9.53 Å². The Morgan fingerprint density at radius 1 is 0.905 bits per heavy atom. The zero-order valence-corrected chi connectivity index (χ0v) is 23.4. The Labute approximate surface area is 241 Å². The lowest BCUT2D eigenvalue weighted by Gasteiger charge is -2.30. The van der Waals surface area contributed by atoms with Crippen LogP contribution >= 0.6 is 0 Å². The Morgan fingerprint density at radius 2 is 1.60 bits per heavy atom. The number of aromatic hydroxyl groups is 3. The molecular weight excluding hydrogens is 546 g/mol. The average molecular weight is 578 g/mol. The second-order valence-electron chi connectivity index (χ2n) is 9.68. The summed E-state index contributed by atoms with van der Waals surface area (Å²) in [5.74, 6) is -2.85. The molecule has 1 fully saturated rings. The van der Waals surface area contributed by atoms with Gasteiger partial charge < -0.3 is 43.6 Å². The van der Waals surface area contributed by atoms with Crippen molar-refractivity contribution in [3.05, 3.63) is 69.9 Å². The number of phenolic OH excluding ortho intramolecular Hbond substituents is 3. The largest absolute Gasteiger partial charge is 0.504 e. The van der Waals surface area contributed by atoms with E-state index in [0.29, 0.717) is 43.2 Å². The maximum absolute atomic E-state index is 13.7. The third-order valence-corrected chi connectivity index (χ3v) is 7.39. The molecule has 2 heterocycles. The molecule has 5 rings (SSSR count). The minimum atomic E-state index is -1.04. The van der Waals surface area contributed by atoms with E-state index in [2.05, 4.69) is 0 Å². The molecule has 1 saturated heterocycles. The topological polar surface area (TPSA) is 148 Å². The number of methoxy groups -OCH3 is 3. The van der Waals surface area contributed by atoms with Crippen LogP contribution in [0.15, 0.2) is 57.7 Å². The van der Waals surface area contributed by atoms with Crippen molar-refractivity contribution in [2.75, 3.05) is 47.6 Å². The predicted octanol–water partition coefficient (Wildman–Crippen LogP) is 3.98. The monoisotopic (exact) mass is 577 g/mol. The van der Waals surface area contributed by atoms with Crippen LogP contribution in [0.5, 0.6) is 34.5 Å². The first-order valence-corrected chi connectivity index (χ1v) is 13.2. The van der Waals surface area contributed by atoms with E-state index in [4.69, 9.17) is 23.4 Å². The lowest BCUT2D eigenvalue weighted by Crippen LogP contribution is -2.41. The molecule has 1 atom stereocenters. The first-order valence-electron chi connectivity index (χ1n) is 13.2. The summed E-state index contributed by atoms with van der Waals surface area (Å²) >= 11 is 0. The quantitative estimate of drug-likeness (QED) is 0.263. The van der Waals surface area contributed by atoms with Crippen LogP contribution in [0.2, 0.25) is 0 Å². The lowest BCUT2D eigenvalue weighted by atomic mass is 9.84. The van der Waals surface area contributed by atoms with Crippen LogP contribution in [0.25, 0.3) is 22.3 Å². The third kappa shape index (κ3) is 5.03. The van der Waals surface area contributed by atoms with Crippen LogP contribution in [-0.4, -0.2) is 73.8 Å². The summed E-state index contributed by atoms with van der Waals surface area (Å²) in [7, 11) is 4.32. The summed E-state index contributed by atoms with van der Waals surface area (Å²) in [5.41, 5.74) is 0.0279. The van der Waals surface area contributed by atoms with Crippen molar-refractivity contribution < 1.29 is 43.5 Å². The van der Waals surface area contributed by atoms with E-state index < -0.39 is 28.6 Å². The Hall–Kier alpha value is -4.90. The van der Waals surface area contributed by atoms with Gasteiger partial charge in [-0.25, -0.2) is 0 Å². The summed E-state index contributed by atoms with van der Waals surface area (Å²) in [5, 5.41) is 32.6. The molecule has 0 bridgehead atoms. The molecule has 3 aromatic carbocycles. The van der Waals surface area contributed by atoms with Gasteiger partial charge in [-0.1, -0.05) is 36.4 Å². The fraction of sp³-hybridized carbons (Fsp3) is 0.290. The Bertz CT molecular complexity index is 1680. The smallest absolute Gasteiger partial charge is 0.223 e. The van der Waals surface area contributed by atoms with Gasteiger partial charge in [-0.2, -0.15) is 0 Å². The number of phenols is 3. The van der Waals surface area contributed by atoms with Crippen molar-refractivity contribution in [1.82, 2.24) is 4.90 Å². The van der Waals surface area contributed by atoms with Crippen molar-refractivity contribution in [1.29, 1.82) is 0 Å². The fourth-order valence-corrected chi connectivity index (χ4v) is 5.32. The highest BCUT2D eigenvalue weighted by Gasteiger charge is 2.35. The van der Waals surface area contributed by atoms with Gasteiger partial charge in [0.25, 0.3) is 0 Å². The van der Waals surface area contributed by atoms with E-state index in [-0.39, 0.29) is 46.1 Å². The Balaban J connectivity index is 1.83. The zero-order chi connectivity index (χ0) is 30.0. The molecule has 0 saturated carbocycles. The van der Waals surface area contributed by atoms with Gasteiger partial charge in [-0.05, 0) is 6.07 Å². The molecule has 42 heavy (non-hydrogen) atoms. The highest BCUT2D eigenvalue weighted by molar-refractivity contribution is 5.94. The number of rotatable bonds is 8. The lowest BCUT2D eigenvalue weighted by molar-refractivity contribution is -0.135. The van der Waals surface area contributed by atoms with Crippen molar-refractivity contribution in [2.45, 2.75) is 12.3 Å². The molecule has 0 unspecified atom stereocenters. The molecule has 11 nitrogen and oxygen atoms in total. The number of morpholine rings is 1. The molecule has 1 amide bonds. The Morgan fingerprint density at radius 3 is 2.24 bits per heavy atom. The second kappa shape index (κ2) is 11.9. The van der Waals surface area contributed by atoms with Crippen molar-refractivity contribution in [2.24, 2.45) is 0 Å². The Kier molecular flexibility index (Phi) is 8.12. The normalized spacial score (nSPS) is 14.0. The van der Waals surface area contributed by atoms with E-state index >= 15 is 0 Å². The summed E-state index contributed by atoms with van der Waals surface area (Å²) in [4.78, 5) is 28.7. The molecule has 4 aromatic rings. The van der Waals surface area contributed by atoms with Crippen molar-refractivity contribution >= 4 is 16.9 Å². The van der Waals surface area contributed by atoms with Gasteiger partial charge in [0.05, 0.1) is 34.5 Å². The molecular formula is C31H31NO10. The van der Waals surface area contributed by atoms with Crippen LogP contribution in [0.3, 0.4) is 0 Å². The van der Waals surface area contributed by atoms with Gasteiger partial charge in [-0.15, -0.1) is 0 Å². The van der Waals surface area contributed by atoms with E-state index in [1.165, 1.54) is 27.4 Å². The molecule has 11 heteroatoms. The molecule has 220 valence electrons. The molecule has 3 N–H and O–H groups in total. The molecule has 1 aliphatic heterocycles. The van der Waals surface area contributed by atoms with E-state index in [1.54, 1.807) is 47.4 Å². The number of hydrogen-bond acceptors (Lipinski definition) is 10. The summed E-state index contributed by atoms with van der Waals surface area (Å²) in [6.07, 6.45) is -0.224. The molecule has 0 radical (unpaired) electrons. The second-order valence-corrected chi connectivity index (χ2v) is 9.68. The van der Waals surface area contributed by atoms with Crippen LogP contribution in [0.1, 0.15) is 23.5 Å². The minimum Gasteiger partial charge on any atom is -0.504 e. The van der Waals surface area contributed by atoms with Crippen LogP contribution in [0.4, 0.5) is 0 Å². The SMILES string of the molecule is COc1ccc([C@H](CC(=O)N2CCOCC2)c2c(O)c(O)c(O)c3c(=O)cc(-c4ccccc4)oc23)c(OC)c1OC. The van der Waals surface area contributed by atoms with Crippen molar-refractivity contribution in [3.63, 3.8) is 0 Å². The fourth-order valence-electron chi connectivity index (χ4n) is 5.32. The number of ether oxygens (including phenoxy) is 4. The van der Waals surface area contributed by atoms with Gasteiger partial charge in [0.15, 0.2) is 28.4 Å². The number of benzene rings is 3. The van der Waals surface area contributed by atoms with E-state index in [1.807, 2.05) is 0 Å². The highest BCUT2D eigenvalue weighted by Crippen LogP contribution is 2.52. The van der Waals surface area contributed by atoms with Gasteiger partial charge in [0, 0.05) is 48.2 Å². The molecule has 1 aliphatic rings. The summed E-state index contributed by atoms with van der Waals surface area (Å²) in [6.45, 7) is 1.49. The number of fused-ring (bicyclic) bond motifs is 1. The number of carbonyl (C=O) groups is 1. The minimum absolute atomic E-state index is 0.0812. The molecule has 0 spiro atoms. The summed E-state index contributed by atoms with van der Waals surface area (Å²) in [6, 6.07) is 13.3. The first kappa shape index (κ1) is 28.6. The number of nitrogens with zero attached hydrogens (tertiary/aromatic N) is 1.